The van der Waals surface area contributed by atoms with Crippen LogP contribution in [0.5, 0.6) is 0 Å². The fraction of sp³-hybridized carbons (Fsp3) is 0.0556. The van der Waals surface area contributed by atoms with Gasteiger partial charge in [0.05, 0.1) is 10.3 Å². The van der Waals surface area contributed by atoms with E-state index >= 15 is 0 Å². The van der Waals surface area contributed by atoms with E-state index in [4.69, 9.17) is 0 Å². The maximum absolute atomic E-state index is 12.9. The molecule has 1 N–H and O–H groups in total. The van der Waals surface area contributed by atoms with E-state index in [-0.39, 0.29) is 23.8 Å². The minimum Gasteiger partial charge on any atom is -0.347 e. The van der Waals surface area contributed by atoms with Gasteiger partial charge in [-0.15, -0.1) is 11.3 Å². The maximum Gasteiger partial charge on any atom is 0.266 e. The Hall–Kier alpha value is -3.06. The van der Waals surface area contributed by atoms with E-state index in [0.717, 1.165) is 5.56 Å². The molecule has 4 aromatic rings. The predicted molar refractivity (Wildman–Crippen MR) is 94.4 cm³/mol. The number of hydrogen-bond donors (Lipinski definition) is 1. The van der Waals surface area contributed by atoms with Crippen LogP contribution in [0.15, 0.2) is 59.5 Å². The Bertz CT molecular complexity index is 1150. The van der Waals surface area contributed by atoms with E-state index in [2.05, 4.69) is 10.3 Å². The zero-order valence-corrected chi connectivity index (χ0v) is 13.7. The number of hydrogen-bond acceptors (Lipinski definition) is 4. The summed E-state index contributed by atoms with van der Waals surface area (Å²) in [5.74, 6) is -0.612. The summed E-state index contributed by atoms with van der Waals surface area (Å²) < 4.78 is 14.4. The first-order chi connectivity index (χ1) is 12.1. The van der Waals surface area contributed by atoms with Crippen molar-refractivity contribution in [2.75, 3.05) is 0 Å². The molecule has 0 saturated heterocycles. The summed E-state index contributed by atoms with van der Waals surface area (Å²) in [5, 5.41) is 3.19. The molecule has 4 rings (SSSR count). The van der Waals surface area contributed by atoms with Crippen molar-refractivity contribution in [2.45, 2.75) is 6.54 Å². The summed E-state index contributed by atoms with van der Waals surface area (Å²) in [4.78, 5) is 30.2. The van der Waals surface area contributed by atoms with Crippen molar-refractivity contribution < 1.29 is 9.18 Å². The Morgan fingerprint density at radius 2 is 2.00 bits per heavy atom. The van der Waals surface area contributed by atoms with Gasteiger partial charge in [-0.2, -0.15) is 0 Å². The molecule has 7 heteroatoms. The van der Waals surface area contributed by atoms with Crippen LogP contribution in [-0.2, 0) is 6.54 Å². The Kier molecular flexibility index (Phi) is 3.77. The third-order valence-electron chi connectivity index (χ3n) is 3.81. The average molecular weight is 353 g/mol. The summed E-state index contributed by atoms with van der Waals surface area (Å²) in [7, 11) is 0. The number of benzene rings is 1. The number of aromatic nitrogens is 2. The van der Waals surface area contributed by atoms with E-state index in [1.165, 1.54) is 27.9 Å². The number of fused-ring (bicyclic) bond motifs is 2. The molecule has 124 valence electrons. The van der Waals surface area contributed by atoms with Gasteiger partial charge in [0.15, 0.2) is 0 Å². The van der Waals surface area contributed by atoms with Gasteiger partial charge >= 0.3 is 0 Å². The Morgan fingerprint density at radius 1 is 1.20 bits per heavy atom. The van der Waals surface area contributed by atoms with Crippen LogP contribution in [0.2, 0.25) is 0 Å². The third-order valence-corrected chi connectivity index (χ3v) is 4.83. The first kappa shape index (κ1) is 15.5. The number of thiophene rings is 1. The highest BCUT2D eigenvalue weighted by molar-refractivity contribution is 7.20. The van der Waals surface area contributed by atoms with Crippen molar-refractivity contribution in [2.24, 2.45) is 0 Å². The van der Waals surface area contributed by atoms with Gasteiger partial charge in [-0.1, -0.05) is 18.2 Å². The molecule has 0 unspecified atom stereocenters. The first-order valence-corrected chi connectivity index (χ1v) is 8.37. The van der Waals surface area contributed by atoms with Crippen LogP contribution in [0.25, 0.3) is 15.9 Å². The van der Waals surface area contributed by atoms with Crippen molar-refractivity contribution in [1.82, 2.24) is 14.7 Å². The number of carbonyl (C=O) groups excluding carboxylic acids is 1. The minimum absolute atomic E-state index is 0.200. The normalized spacial score (nSPS) is 11.1. The van der Waals surface area contributed by atoms with E-state index < -0.39 is 0 Å². The van der Waals surface area contributed by atoms with Gasteiger partial charge in [0.2, 0.25) is 0 Å². The SMILES string of the molecule is O=C(NCc1ccc(F)cc1)c1cc2c(=O)n3ccccc3nc2s1. The summed E-state index contributed by atoms with van der Waals surface area (Å²) in [6.07, 6.45) is 1.65. The molecule has 0 saturated carbocycles. The topological polar surface area (TPSA) is 63.5 Å². The molecule has 0 atom stereocenters. The fourth-order valence-electron chi connectivity index (χ4n) is 2.53. The first-order valence-electron chi connectivity index (χ1n) is 7.55. The Labute approximate surface area is 145 Å². The second-order valence-electron chi connectivity index (χ2n) is 5.48. The van der Waals surface area contributed by atoms with Crippen LogP contribution in [0.1, 0.15) is 15.2 Å². The summed E-state index contributed by atoms with van der Waals surface area (Å²) in [6.45, 7) is 0.280. The van der Waals surface area contributed by atoms with Gasteiger partial charge in [-0.05, 0) is 35.9 Å². The lowest BCUT2D eigenvalue weighted by molar-refractivity contribution is 0.0955. The van der Waals surface area contributed by atoms with Crippen molar-refractivity contribution in [1.29, 1.82) is 0 Å². The number of halogens is 1. The van der Waals surface area contributed by atoms with Gasteiger partial charge in [-0.3, -0.25) is 14.0 Å². The lowest BCUT2D eigenvalue weighted by Gasteiger charge is -2.03. The number of carbonyl (C=O) groups is 1. The van der Waals surface area contributed by atoms with Crippen LogP contribution in [0.3, 0.4) is 0 Å². The van der Waals surface area contributed by atoms with Gasteiger partial charge in [0, 0.05) is 12.7 Å². The van der Waals surface area contributed by atoms with Crippen LogP contribution < -0.4 is 10.9 Å². The lowest BCUT2D eigenvalue weighted by Crippen LogP contribution is -2.21. The van der Waals surface area contributed by atoms with Crippen LogP contribution in [0, 0.1) is 5.82 Å². The Balaban J connectivity index is 1.63. The quantitative estimate of drug-likeness (QED) is 0.616. The molecule has 0 aliphatic heterocycles. The Morgan fingerprint density at radius 3 is 2.80 bits per heavy atom. The average Bonchev–Trinajstić information content (AvgIpc) is 3.06. The minimum atomic E-state index is -0.321. The summed E-state index contributed by atoms with van der Waals surface area (Å²) in [5.41, 5.74) is 1.13. The second-order valence-corrected chi connectivity index (χ2v) is 6.52. The highest BCUT2D eigenvalue weighted by atomic mass is 32.1. The largest absolute Gasteiger partial charge is 0.347 e. The van der Waals surface area contributed by atoms with Crippen molar-refractivity contribution >= 4 is 33.1 Å². The summed E-state index contributed by atoms with van der Waals surface area (Å²) in [6, 6.07) is 12.8. The molecule has 3 aromatic heterocycles. The molecule has 0 spiro atoms. The van der Waals surface area contributed by atoms with Crippen LogP contribution >= 0.6 is 11.3 Å². The van der Waals surface area contributed by atoms with Crippen molar-refractivity contribution in [3.63, 3.8) is 0 Å². The third kappa shape index (κ3) is 2.89. The molecule has 3 heterocycles. The monoisotopic (exact) mass is 353 g/mol. The number of nitrogens with zero attached hydrogens (tertiary/aromatic N) is 2. The summed E-state index contributed by atoms with van der Waals surface area (Å²) >= 11 is 1.18. The number of amides is 1. The van der Waals surface area contributed by atoms with E-state index in [1.807, 2.05) is 0 Å². The van der Waals surface area contributed by atoms with Crippen LogP contribution in [-0.4, -0.2) is 15.3 Å². The zero-order chi connectivity index (χ0) is 17.4. The second kappa shape index (κ2) is 6.10. The zero-order valence-electron chi connectivity index (χ0n) is 12.9. The van der Waals surface area contributed by atoms with E-state index in [0.29, 0.717) is 20.7 Å². The molecule has 1 amide bonds. The molecule has 0 aliphatic carbocycles. The highest BCUT2D eigenvalue weighted by Gasteiger charge is 2.14. The van der Waals surface area contributed by atoms with Gasteiger partial charge in [0.25, 0.3) is 11.5 Å². The van der Waals surface area contributed by atoms with E-state index in [1.54, 1.807) is 42.6 Å². The highest BCUT2D eigenvalue weighted by Crippen LogP contribution is 2.22. The molecule has 5 nitrogen and oxygen atoms in total. The fourth-order valence-corrected chi connectivity index (χ4v) is 3.48. The molecule has 0 bridgehead atoms. The molecule has 0 fully saturated rings. The number of pyridine rings is 1. The van der Waals surface area contributed by atoms with Gasteiger partial charge in [0.1, 0.15) is 16.3 Å². The lowest BCUT2D eigenvalue weighted by atomic mass is 10.2. The van der Waals surface area contributed by atoms with E-state index in [9.17, 15) is 14.0 Å². The van der Waals surface area contributed by atoms with Gasteiger partial charge < -0.3 is 5.32 Å². The molecular formula is C18H12FN3O2S. The standard InChI is InChI=1S/C18H12FN3O2S/c19-12-6-4-11(5-7-12)10-20-16(23)14-9-13-17(25-14)21-15-3-1-2-8-22(15)18(13)24/h1-9H,10H2,(H,20,23). The molecule has 1 aromatic carbocycles. The molecule has 0 aliphatic rings. The molecule has 0 radical (unpaired) electrons. The molecular weight excluding hydrogens is 341 g/mol. The van der Waals surface area contributed by atoms with Crippen molar-refractivity contribution in [3.8, 4) is 0 Å². The number of nitrogens with one attached hydrogen (secondary N) is 1. The maximum atomic E-state index is 12.9. The number of rotatable bonds is 3. The van der Waals surface area contributed by atoms with Gasteiger partial charge in [-0.25, -0.2) is 9.37 Å². The van der Waals surface area contributed by atoms with Crippen LogP contribution in [0.4, 0.5) is 4.39 Å². The van der Waals surface area contributed by atoms with Crippen molar-refractivity contribution in [3.05, 3.63) is 81.3 Å². The smallest absolute Gasteiger partial charge is 0.266 e. The predicted octanol–water partition coefficient (Wildman–Crippen LogP) is 2.98. The molecule has 25 heavy (non-hydrogen) atoms.